The SMILES string of the molecule is C[C@H](OC(=O)c1ccc(S(=O)(=O)N(C)c2ccccc2)cc1)C(=O)N1CCc2ccccc21. The molecule has 1 atom stereocenters. The first-order chi connectivity index (χ1) is 15.8. The highest BCUT2D eigenvalue weighted by Gasteiger charge is 2.30. The van der Waals surface area contributed by atoms with Crippen LogP contribution >= 0.6 is 0 Å². The smallest absolute Gasteiger partial charge is 0.338 e. The quantitative estimate of drug-likeness (QED) is 0.520. The average Bonchev–Trinajstić information content (AvgIpc) is 3.27. The number of hydrogen-bond acceptors (Lipinski definition) is 5. The lowest BCUT2D eigenvalue weighted by Crippen LogP contribution is -2.39. The summed E-state index contributed by atoms with van der Waals surface area (Å²) in [6.07, 6.45) is -0.216. The summed E-state index contributed by atoms with van der Waals surface area (Å²) in [5, 5.41) is 0. The van der Waals surface area contributed by atoms with E-state index in [4.69, 9.17) is 4.74 Å². The number of amides is 1. The molecule has 4 rings (SSSR count). The molecule has 0 N–H and O–H groups in total. The molecule has 1 aliphatic rings. The summed E-state index contributed by atoms with van der Waals surface area (Å²) in [5.74, 6) is -0.985. The molecule has 33 heavy (non-hydrogen) atoms. The molecule has 0 spiro atoms. The molecule has 170 valence electrons. The van der Waals surface area contributed by atoms with E-state index in [1.54, 1.807) is 35.2 Å². The van der Waals surface area contributed by atoms with Gasteiger partial charge in [0.05, 0.1) is 16.1 Å². The number of carbonyl (C=O) groups is 2. The lowest BCUT2D eigenvalue weighted by Gasteiger charge is -2.22. The van der Waals surface area contributed by atoms with Crippen LogP contribution in [-0.2, 0) is 26.0 Å². The van der Waals surface area contributed by atoms with Crippen molar-refractivity contribution in [3.63, 3.8) is 0 Å². The number of rotatable bonds is 6. The number of esters is 1. The van der Waals surface area contributed by atoms with Gasteiger partial charge in [0, 0.05) is 19.3 Å². The minimum atomic E-state index is -3.79. The molecule has 3 aromatic rings. The first kappa shape index (κ1) is 22.5. The highest BCUT2D eigenvalue weighted by Crippen LogP contribution is 2.28. The van der Waals surface area contributed by atoms with Gasteiger partial charge in [0.25, 0.3) is 15.9 Å². The summed E-state index contributed by atoms with van der Waals surface area (Å²) in [5.41, 5.74) is 2.61. The Bertz CT molecular complexity index is 1270. The van der Waals surface area contributed by atoms with E-state index in [0.717, 1.165) is 17.7 Å². The molecular formula is C25H24N2O5S. The van der Waals surface area contributed by atoms with Gasteiger partial charge in [-0.25, -0.2) is 13.2 Å². The number of sulfonamides is 1. The minimum absolute atomic E-state index is 0.0446. The van der Waals surface area contributed by atoms with E-state index in [1.165, 1.54) is 42.5 Å². The van der Waals surface area contributed by atoms with Crippen molar-refractivity contribution in [2.45, 2.75) is 24.3 Å². The van der Waals surface area contributed by atoms with Gasteiger partial charge in [-0.3, -0.25) is 9.10 Å². The molecule has 0 fully saturated rings. The van der Waals surface area contributed by atoms with Crippen molar-refractivity contribution in [2.24, 2.45) is 0 Å². The Balaban J connectivity index is 1.44. The Hall–Kier alpha value is -3.65. The predicted molar refractivity (Wildman–Crippen MR) is 126 cm³/mol. The van der Waals surface area contributed by atoms with Crippen molar-refractivity contribution in [1.29, 1.82) is 0 Å². The monoisotopic (exact) mass is 464 g/mol. The van der Waals surface area contributed by atoms with Crippen molar-refractivity contribution in [3.8, 4) is 0 Å². The Labute approximate surface area is 193 Å². The van der Waals surface area contributed by atoms with E-state index in [2.05, 4.69) is 0 Å². The highest BCUT2D eigenvalue weighted by molar-refractivity contribution is 7.92. The summed E-state index contributed by atoms with van der Waals surface area (Å²) in [6.45, 7) is 2.08. The van der Waals surface area contributed by atoms with E-state index in [-0.39, 0.29) is 16.4 Å². The number of ether oxygens (including phenoxy) is 1. The predicted octanol–water partition coefficient (Wildman–Crippen LogP) is 3.65. The number of hydrogen-bond donors (Lipinski definition) is 0. The van der Waals surface area contributed by atoms with Crippen LogP contribution in [0.2, 0.25) is 0 Å². The first-order valence-electron chi connectivity index (χ1n) is 10.5. The van der Waals surface area contributed by atoms with E-state index in [0.29, 0.717) is 12.2 Å². The number of carbonyl (C=O) groups excluding carboxylic acids is 2. The first-order valence-corrected chi connectivity index (χ1v) is 12.0. The Morgan fingerprint density at radius 3 is 2.27 bits per heavy atom. The normalized spacial score (nSPS) is 13.8. The van der Waals surface area contributed by atoms with Crippen LogP contribution in [0, 0.1) is 0 Å². The van der Waals surface area contributed by atoms with Gasteiger partial charge in [-0.05, 0) is 61.4 Å². The molecule has 0 radical (unpaired) electrons. The van der Waals surface area contributed by atoms with Gasteiger partial charge in [0.15, 0.2) is 6.10 Å². The summed E-state index contributed by atoms with van der Waals surface area (Å²) in [7, 11) is -2.32. The second-order valence-corrected chi connectivity index (χ2v) is 9.72. The van der Waals surface area contributed by atoms with Crippen molar-refractivity contribution < 1.29 is 22.7 Å². The van der Waals surface area contributed by atoms with Gasteiger partial charge in [-0.2, -0.15) is 0 Å². The van der Waals surface area contributed by atoms with Crippen LogP contribution in [0.1, 0.15) is 22.8 Å². The van der Waals surface area contributed by atoms with Crippen LogP contribution in [0.5, 0.6) is 0 Å². The van der Waals surface area contributed by atoms with Gasteiger partial charge >= 0.3 is 5.97 Å². The van der Waals surface area contributed by atoms with Crippen LogP contribution in [0.15, 0.2) is 83.8 Å². The van der Waals surface area contributed by atoms with Crippen molar-refractivity contribution in [2.75, 3.05) is 22.8 Å². The number of para-hydroxylation sites is 2. The largest absolute Gasteiger partial charge is 0.449 e. The van der Waals surface area contributed by atoms with Crippen molar-refractivity contribution >= 4 is 33.3 Å². The van der Waals surface area contributed by atoms with Gasteiger partial charge in [-0.1, -0.05) is 36.4 Å². The molecule has 3 aromatic carbocycles. The van der Waals surface area contributed by atoms with E-state index < -0.39 is 22.1 Å². The molecule has 1 aliphatic heterocycles. The van der Waals surface area contributed by atoms with Gasteiger partial charge in [0.2, 0.25) is 0 Å². The molecule has 1 amide bonds. The maximum Gasteiger partial charge on any atom is 0.338 e. The average molecular weight is 465 g/mol. The molecule has 1 heterocycles. The third-order valence-corrected chi connectivity index (χ3v) is 7.45. The van der Waals surface area contributed by atoms with Crippen molar-refractivity contribution in [1.82, 2.24) is 0 Å². The second kappa shape index (κ2) is 9.07. The summed E-state index contributed by atoms with van der Waals surface area (Å²) < 4.78 is 32.3. The molecule has 7 nitrogen and oxygen atoms in total. The number of nitrogens with zero attached hydrogens (tertiary/aromatic N) is 2. The standard InChI is InChI=1S/C25H24N2O5S/c1-18(24(28)27-17-16-19-8-6-7-11-23(19)27)32-25(29)20-12-14-22(15-13-20)33(30,31)26(2)21-9-4-3-5-10-21/h3-15,18H,16-17H2,1-2H3/t18-/m0/s1. The molecule has 8 heteroatoms. The number of benzene rings is 3. The number of fused-ring (bicyclic) bond motifs is 1. The fourth-order valence-electron chi connectivity index (χ4n) is 3.76. The minimum Gasteiger partial charge on any atom is -0.449 e. The molecular weight excluding hydrogens is 440 g/mol. The fourth-order valence-corrected chi connectivity index (χ4v) is 4.96. The molecule has 0 saturated heterocycles. The molecule has 0 aromatic heterocycles. The van der Waals surface area contributed by atoms with Crippen LogP contribution in [0.3, 0.4) is 0 Å². The van der Waals surface area contributed by atoms with E-state index in [1.807, 2.05) is 24.3 Å². The Morgan fingerprint density at radius 2 is 1.58 bits per heavy atom. The zero-order valence-electron chi connectivity index (χ0n) is 18.3. The second-order valence-electron chi connectivity index (χ2n) is 7.75. The van der Waals surface area contributed by atoms with Gasteiger partial charge in [-0.15, -0.1) is 0 Å². The highest BCUT2D eigenvalue weighted by atomic mass is 32.2. The third-order valence-electron chi connectivity index (χ3n) is 5.65. The van der Waals surface area contributed by atoms with Crippen LogP contribution in [0.4, 0.5) is 11.4 Å². The van der Waals surface area contributed by atoms with Gasteiger partial charge < -0.3 is 9.64 Å². The van der Waals surface area contributed by atoms with Crippen molar-refractivity contribution in [3.05, 3.63) is 90.0 Å². The molecule has 0 bridgehead atoms. The van der Waals surface area contributed by atoms with E-state index in [9.17, 15) is 18.0 Å². The third kappa shape index (κ3) is 4.47. The van der Waals surface area contributed by atoms with Crippen LogP contribution in [0.25, 0.3) is 0 Å². The Kier molecular flexibility index (Phi) is 6.20. The maximum atomic E-state index is 12.9. The topological polar surface area (TPSA) is 84.0 Å². The molecule has 0 aliphatic carbocycles. The van der Waals surface area contributed by atoms with Gasteiger partial charge in [0.1, 0.15) is 0 Å². The maximum absolute atomic E-state index is 12.9. The Morgan fingerprint density at radius 1 is 0.939 bits per heavy atom. The zero-order chi connectivity index (χ0) is 23.6. The fraction of sp³-hybridized carbons (Fsp3) is 0.200. The van der Waals surface area contributed by atoms with E-state index >= 15 is 0 Å². The zero-order valence-corrected chi connectivity index (χ0v) is 19.2. The lowest BCUT2D eigenvalue weighted by molar-refractivity contribution is -0.126. The summed E-state index contributed by atoms with van der Waals surface area (Å²) in [6, 6.07) is 21.8. The van der Waals surface area contributed by atoms with Crippen LogP contribution in [-0.4, -0.2) is 40.0 Å². The molecule has 0 saturated carbocycles. The summed E-state index contributed by atoms with van der Waals surface area (Å²) in [4.78, 5) is 27.1. The lowest BCUT2D eigenvalue weighted by atomic mass is 10.2. The van der Waals surface area contributed by atoms with Crippen LogP contribution < -0.4 is 9.21 Å². The number of anilines is 2. The summed E-state index contributed by atoms with van der Waals surface area (Å²) >= 11 is 0. The molecule has 0 unspecified atom stereocenters.